The molecule has 1 aromatic carbocycles. The number of hydrogen-bond donors (Lipinski definition) is 2. The summed E-state index contributed by atoms with van der Waals surface area (Å²) < 4.78 is 1.01. The number of benzene rings is 1. The summed E-state index contributed by atoms with van der Waals surface area (Å²) in [6.07, 6.45) is 1.32. The van der Waals surface area contributed by atoms with Crippen LogP contribution < -0.4 is 5.32 Å². The van der Waals surface area contributed by atoms with E-state index in [1.54, 1.807) is 7.05 Å². The van der Waals surface area contributed by atoms with Crippen molar-refractivity contribution in [1.29, 1.82) is 0 Å². The van der Waals surface area contributed by atoms with Crippen LogP contribution in [0.4, 0.5) is 0 Å². The molecule has 2 N–H and O–H groups in total. The minimum atomic E-state index is -0.764. The number of piperidine rings is 1. The van der Waals surface area contributed by atoms with Crippen LogP contribution in [-0.2, 0) is 10.4 Å². The number of hydrogen-bond acceptors (Lipinski definition) is 3. The zero-order valence-electron chi connectivity index (χ0n) is 11.0. The molecule has 0 radical (unpaired) electrons. The van der Waals surface area contributed by atoms with Gasteiger partial charge in [0.15, 0.2) is 0 Å². The molecule has 0 saturated carbocycles. The van der Waals surface area contributed by atoms with Gasteiger partial charge in [-0.05, 0) is 30.5 Å². The fourth-order valence-electron chi connectivity index (χ4n) is 2.41. The molecule has 0 aromatic heterocycles. The highest BCUT2D eigenvalue weighted by Crippen LogP contribution is 2.33. The Kier molecular flexibility index (Phi) is 4.60. The first-order chi connectivity index (χ1) is 9.03. The zero-order valence-corrected chi connectivity index (χ0v) is 12.6. The molecule has 0 aliphatic carbocycles. The molecule has 1 amide bonds. The van der Waals surface area contributed by atoms with Crippen LogP contribution in [0.3, 0.4) is 0 Å². The first kappa shape index (κ1) is 14.5. The molecule has 1 aliphatic rings. The number of likely N-dealkylation sites (tertiary alicyclic amines) is 1. The third-order valence-electron chi connectivity index (χ3n) is 3.71. The van der Waals surface area contributed by atoms with Crippen LogP contribution in [0.2, 0.25) is 0 Å². The lowest BCUT2D eigenvalue weighted by molar-refractivity contribution is -0.123. The average molecular weight is 327 g/mol. The fraction of sp³-hybridized carbons (Fsp3) is 0.500. The maximum absolute atomic E-state index is 11.3. The Morgan fingerprint density at radius 1 is 1.37 bits per heavy atom. The van der Waals surface area contributed by atoms with E-state index < -0.39 is 5.60 Å². The second-order valence-electron chi connectivity index (χ2n) is 4.99. The molecule has 19 heavy (non-hydrogen) atoms. The number of nitrogens with zero attached hydrogens (tertiary/aromatic N) is 1. The van der Waals surface area contributed by atoms with Crippen molar-refractivity contribution in [3.8, 4) is 0 Å². The molecule has 1 saturated heterocycles. The first-order valence-corrected chi connectivity index (χ1v) is 7.24. The molecule has 0 unspecified atom stereocenters. The summed E-state index contributed by atoms with van der Waals surface area (Å²) in [6.45, 7) is 1.88. The van der Waals surface area contributed by atoms with Crippen molar-refractivity contribution in [3.63, 3.8) is 0 Å². The summed E-state index contributed by atoms with van der Waals surface area (Å²) in [5, 5.41) is 13.3. The topological polar surface area (TPSA) is 52.6 Å². The lowest BCUT2D eigenvalue weighted by Gasteiger charge is -2.38. The predicted molar refractivity (Wildman–Crippen MR) is 77.8 cm³/mol. The molecule has 0 bridgehead atoms. The van der Waals surface area contributed by atoms with E-state index in [0.717, 1.165) is 23.1 Å². The second-order valence-corrected chi connectivity index (χ2v) is 5.90. The summed E-state index contributed by atoms with van der Waals surface area (Å²) in [5.74, 6) is 0.0223. The highest BCUT2D eigenvalue weighted by Gasteiger charge is 2.34. The van der Waals surface area contributed by atoms with E-state index in [1.165, 1.54) is 0 Å². The van der Waals surface area contributed by atoms with Crippen molar-refractivity contribution in [3.05, 3.63) is 34.3 Å². The van der Waals surface area contributed by atoms with Gasteiger partial charge in [0.1, 0.15) is 0 Å². The van der Waals surface area contributed by atoms with Crippen molar-refractivity contribution in [1.82, 2.24) is 10.2 Å². The van der Waals surface area contributed by atoms with Gasteiger partial charge in [-0.3, -0.25) is 9.69 Å². The van der Waals surface area contributed by atoms with E-state index in [0.29, 0.717) is 19.4 Å². The maximum atomic E-state index is 11.3. The quantitative estimate of drug-likeness (QED) is 0.884. The van der Waals surface area contributed by atoms with Gasteiger partial charge in [0.25, 0.3) is 0 Å². The van der Waals surface area contributed by atoms with Gasteiger partial charge >= 0.3 is 0 Å². The van der Waals surface area contributed by atoms with Crippen LogP contribution in [0.1, 0.15) is 18.4 Å². The Morgan fingerprint density at radius 2 is 1.95 bits per heavy atom. The minimum Gasteiger partial charge on any atom is -0.385 e. The van der Waals surface area contributed by atoms with Gasteiger partial charge in [-0.25, -0.2) is 0 Å². The Bertz CT molecular complexity index is 439. The van der Waals surface area contributed by atoms with Crippen molar-refractivity contribution in [2.75, 3.05) is 26.7 Å². The Balaban J connectivity index is 1.98. The summed E-state index contributed by atoms with van der Waals surface area (Å²) in [5.41, 5.74) is 0.190. The minimum absolute atomic E-state index is 0.0223. The van der Waals surface area contributed by atoms with E-state index in [-0.39, 0.29) is 5.91 Å². The van der Waals surface area contributed by atoms with Crippen LogP contribution in [0.25, 0.3) is 0 Å². The zero-order chi connectivity index (χ0) is 13.9. The molecule has 5 heteroatoms. The largest absolute Gasteiger partial charge is 0.385 e. The Morgan fingerprint density at radius 3 is 2.47 bits per heavy atom. The van der Waals surface area contributed by atoms with Gasteiger partial charge in [-0.1, -0.05) is 28.1 Å². The number of carbonyl (C=O) groups excluding carboxylic acids is 1. The molecule has 0 spiro atoms. The van der Waals surface area contributed by atoms with Crippen molar-refractivity contribution in [2.45, 2.75) is 18.4 Å². The van der Waals surface area contributed by atoms with Crippen molar-refractivity contribution in [2.24, 2.45) is 0 Å². The number of nitrogens with one attached hydrogen (secondary N) is 1. The Labute approximate surface area is 121 Å². The number of likely N-dealkylation sites (N-methyl/N-ethyl adjacent to an activating group) is 1. The summed E-state index contributed by atoms with van der Waals surface area (Å²) in [4.78, 5) is 13.4. The number of rotatable bonds is 3. The molecule has 1 aromatic rings. The monoisotopic (exact) mass is 326 g/mol. The van der Waals surface area contributed by atoms with Crippen LogP contribution in [0.15, 0.2) is 28.7 Å². The standard InChI is InChI=1S/C14H19BrN2O2/c1-16-13(18)10-17-8-6-14(19,7-9-17)11-2-4-12(15)5-3-11/h2-5,19H,6-10H2,1H3,(H,16,18). The predicted octanol–water partition coefficient (Wildman–Crippen LogP) is 1.48. The van der Waals surface area contributed by atoms with Crippen molar-refractivity contribution >= 4 is 21.8 Å². The van der Waals surface area contributed by atoms with Gasteiger partial charge in [0.2, 0.25) is 5.91 Å². The normalized spacial score (nSPS) is 19.1. The van der Waals surface area contributed by atoms with Gasteiger partial charge in [0.05, 0.1) is 12.1 Å². The van der Waals surface area contributed by atoms with Gasteiger partial charge in [-0.15, -0.1) is 0 Å². The van der Waals surface area contributed by atoms with Gasteiger partial charge in [-0.2, -0.15) is 0 Å². The maximum Gasteiger partial charge on any atom is 0.233 e. The van der Waals surface area contributed by atoms with Crippen LogP contribution >= 0.6 is 15.9 Å². The van der Waals surface area contributed by atoms with E-state index in [9.17, 15) is 9.90 Å². The van der Waals surface area contributed by atoms with E-state index >= 15 is 0 Å². The van der Waals surface area contributed by atoms with Crippen LogP contribution in [0.5, 0.6) is 0 Å². The number of aliphatic hydroxyl groups is 1. The molecule has 104 valence electrons. The summed E-state index contributed by atoms with van der Waals surface area (Å²) in [6, 6.07) is 7.81. The summed E-state index contributed by atoms with van der Waals surface area (Å²) in [7, 11) is 1.64. The third kappa shape index (κ3) is 3.55. The molecular formula is C14H19BrN2O2. The second kappa shape index (κ2) is 6.03. The first-order valence-electron chi connectivity index (χ1n) is 6.45. The molecule has 2 rings (SSSR count). The van der Waals surface area contributed by atoms with E-state index in [1.807, 2.05) is 24.3 Å². The van der Waals surface area contributed by atoms with E-state index in [4.69, 9.17) is 0 Å². The lowest BCUT2D eigenvalue weighted by Crippen LogP contribution is -2.45. The molecule has 4 nitrogen and oxygen atoms in total. The van der Waals surface area contributed by atoms with Crippen LogP contribution in [0, 0.1) is 0 Å². The molecule has 1 aliphatic heterocycles. The van der Waals surface area contributed by atoms with Gasteiger partial charge < -0.3 is 10.4 Å². The highest BCUT2D eigenvalue weighted by atomic mass is 79.9. The van der Waals surface area contributed by atoms with Gasteiger partial charge in [0, 0.05) is 24.6 Å². The number of carbonyl (C=O) groups is 1. The van der Waals surface area contributed by atoms with Crippen molar-refractivity contribution < 1.29 is 9.90 Å². The molecule has 0 atom stereocenters. The molecule has 1 heterocycles. The SMILES string of the molecule is CNC(=O)CN1CCC(O)(c2ccc(Br)cc2)CC1. The smallest absolute Gasteiger partial charge is 0.233 e. The van der Waals surface area contributed by atoms with E-state index in [2.05, 4.69) is 26.1 Å². The fourth-order valence-corrected chi connectivity index (χ4v) is 2.68. The Hall–Kier alpha value is -0.910. The third-order valence-corrected chi connectivity index (χ3v) is 4.24. The molecular weight excluding hydrogens is 308 g/mol. The van der Waals surface area contributed by atoms with Crippen LogP contribution in [-0.4, -0.2) is 42.6 Å². The number of halogens is 1. The molecule has 1 fully saturated rings. The number of amides is 1. The highest BCUT2D eigenvalue weighted by molar-refractivity contribution is 9.10. The lowest BCUT2D eigenvalue weighted by atomic mass is 9.84. The summed E-state index contributed by atoms with van der Waals surface area (Å²) >= 11 is 3.40. The average Bonchev–Trinajstić information content (AvgIpc) is 2.42.